The van der Waals surface area contributed by atoms with Crippen LogP contribution in [0.25, 0.3) is 0 Å². The first-order chi connectivity index (χ1) is 9.19. The molecule has 1 atom stereocenters. The van der Waals surface area contributed by atoms with Crippen LogP contribution in [0.5, 0.6) is 0 Å². The molecule has 1 aliphatic heterocycles. The van der Waals surface area contributed by atoms with Crippen LogP contribution in [0.2, 0.25) is 0 Å². The third kappa shape index (κ3) is 4.22. The Bertz CT molecular complexity index is 392. The zero-order valence-electron chi connectivity index (χ0n) is 12.1. The number of hydrogen-bond acceptors (Lipinski definition) is 3. The number of aliphatic hydroxyl groups excluding tert-OH is 1. The second-order valence-corrected chi connectivity index (χ2v) is 5.76. The molecule has 3 nitrogen and oxygen atoms in total. The van der Waals surface area contributed by atoms with Gasteiger partial charge in [0.25, 0.3) is 0 Å². The number of hydrogen-bond donors (Lipinski definition) is 2. The maximum absolute atomic E-state index is 9.17. The fourth-order valence-electron chi connectivity index (χ4n) is 2.77. The van der Waals surface area contributed by atoms with Crippen LogP contribution in [0.4, 0.5) is 5.69 Å². The minimum Gasteiger partial charge on any atom is -0.392 e. The fraction of sp³-hybridized carbons (Fsp3) is 0.625. The lowest BCUT2D eigenvalue weighted by molar-refractivity contribution is 0.230. The van der Waals surface area contributed by atoms with Crippen molar-refractivity contribution in [2.75, 3.05) is 18.4 Å². The summed E-state index contributed by atoms with van der Waals surface area (Å²) in [5.41, 5.74) is 2.11. The lowest BCUT2D eigenvalue weighted by Crippen LogP contribution is -2.32. The predicted octanol–water partition coefficient (Wildman–Crippen LogP) is 2.85. The van der Waals surface area contributed by atoms with Crippen LogP contribution < -0.4 is 5.32 Å². The molecule has 0 aromatic heterocycles. The molecule has 1 saturated heterocycles. The van der Waals surface area contributed by atoms with Gasteiger partial charge in [0.05, 0.1) is 6.61 Å². The maximum Gasteiger partial charge on any atom is 0.0682 e. The smallest absolute Gasteiger partial charge is 0.0682 e. The van der Waals surface area contributed by atoms with E-state index in [1.165, 1.54) is 32.4 Å². The Hall–Kier alpha value is -1.06. The highest BCUT2D eigenvalue weighted by Crippen LogP contribution is 2.19. The van der Waals surface area contributed by atoms with Crippen molar-refractivity contribution in [2.45, 2.75) is 51.8 Å². The third-order valence-corrected chi connectivity index (χ3v) is 3.97. The van der Waals surface area contributed by atoms with E-state index in [1.807, 2.05) is 18.2 Å². The quantitative estimate of drug-likeness (QED) is 0.876. The summed E-state index contributed by atoms with van der Waals surface area (Å²) in [5.74, 6) is 0. The molecule has 1 fully saturated rings. The molecule has 3 heteroatoms. The highest BCUT2D eigenvalue weighted by molar-refractivity contribution is 5.46. The third-order valence-electron chi connectivity index (χ3n) is 3.97. The minimum atomic E-state index is 0.112. The SMILES string of the molecule is CC(C)N1CCCC(Nc2cccc(CO)c2)CC1. The van der Waals surface area contributed by atoms with Crippen LogP contribution in [0.1, 0.15) is 38.7 Å². The van der Waals surface area contributed by atoms with Crippen LogP contribution >= 0.6 is 0 Å². The molecule has 19 heavy (non-hydrogen) atoms. The normalized spacial score (nSPS) is 21.4. The Morgan fingerprint density at radius 3 is 2.89 bits per heavy atom. The van der Waals surface area contributed by atoms with Gasteiger partial charge in [0.15, 0.2) is 0 Å². The monoisotopic (exact) mass is 262 g/mol. The van der Waals surface area contributed by atoms with Gasteiger partial charge >= 0.3 is 0 Å². The molecule has 106 valence electrons. The summed E-state index contributed by atoms with van der Waals surface area (Å²) in [4.78, 5) is 2.56. The summed E-state index contributed by atoms with van der Waals surface area (Å²) < 4.78 is 0. The Labute approximate surface area is 116 Å². The van der Waals surface area contributed by atoms with E-state index in [-0.39, 0.29) is 6.61 Å². The van der Waals surface area contributed by atoms with Crippen LogP contribution in [-0.4, -0.2) is 35.2 Å². The van der Waals surface area contributed by atoms with Crippen LogP contribution in [0.15, 0.2) is 24.3 Å². The molecule has 0 saturated carbocycles. The average molecular weight is 262 g/mol. The average Bonchev–Trinajstić information content (AvgIpc) is 2.65. The molecule has 0 radical (unpaired) electrons. The number of rotatable bonds is 4. The van der Waals surface area contributed by atoms with Crippen molar-refractivity contribution in [2.24, 2.45) is 0 Å². The fourth-order valence-corrected chi connectivity index (χ4v) is 2.77. The molecule has 1 unspecified atom stereocenters. The maximum atomic E-state index is 9.17. The van der Waals surface area contributed by atoms with Gasteiger partial charge in [-0.25, -0.2) is 0 Å². The summed E-state index contributed by atoms with van der Waals surface area (Å²) in [5, 5.41) is 12.8. The van der Waals surface area contributed by atoms with E-state index in [9.17, 15) is 5.11 Å². The van der Waals surface area contributed by atoms with Gasteiger partial charge in [0, 0.05) is 24.3 Å². The number of nitrogens with one attached hydrogen (secondary N) is 1. The molecule has 1 aliphatic rings. The molecular weight excluding hydrogens is 236 g/mol. The number of likely N-dealkylation sites (tertiary alicyclic amines) is 1. The Balaban J connectivity index is 1.92. The Morgan fingerprint density at radius 2 is 2.16 bits per heavy atom. The predicted molar refractivity (Wildman–Crippen MR) is 80.3 cm³/mol. The van der Waals surface area contributed by atoms with E-state index < -0.39 is 0 Å². The molecule has 1 aromatic rings. The minimum absolute atomic E-state index is 0.112. The van der Waals surface area contributed by atoms with Gasteiger partial charge in [0.2, 0.25) is 0 Å². The van der Waals surface area contributed by atoms with Crippen LogP contribution in [0, 0.1) is 0 Å². The summed E-state index contributed by atoms with van der Waals surface area (Å²) in [6.45, 7) is 7.06. The van der Waals surface area contributed by atoms with E-state index in [1.54, 1.807) is 0 Å². The number of aliphatic hydroxyl groups is 1. The largest absolute Gasteiger partial charge is 0.392 e. The first-order valence-electron chi connectivity index (χ1n) is 7.39. The van der Waals surface area contributed by atoms with E-state index in [2.05, 4.69) is 30.1 Å². The first kappa shape index (κ1) is 14.4. The number of anilines is 1. The van der Waals surface area contributed by atoms with Crippen molar-refractivity contribution >= 4 is 5.69 Å². The van der Waals surface area contributed by atoms with Gasteiger partial charge in [-0.2, -0.15) is 0 Å². The second-order valence-electron chi connectivity index (χ2n) is 5.76. The van der Waals surface area contributed by atoms with Crippen LogP contribution in [0.3, 0.4) is 0 Å². The molecule has 0 amide bonds. The Kier molecular flexibility index (Phi) is 5.23. The molecule has 1 heterocycles. The Morgan fingerprint density at radius 1 is 1.32 bits per heavy atom. The lowest BCUT2D eigenvalue weighted by Gasteiger charge is -2.24. The van der Waals surface area contributed by atoms with Crippen molar-refractivity contribution in [3.05, 3.63) is 29.8 Å². The van der Waals surface area contributed by atoms with E-state index in [0.29, 0.717) is 12.1 Å². The van der Waals surface area contributed by atoms with Crippen molar-refractivity contribution in [1.29, 1.82) is 0 Å². The van der Waals surface area contributed by atoms with Crippen molar-refractivity contribution < 1.29 is 5.11 Å². The van der Waals surface area contributed by atoms with Gasteiger partial charge in [-0.1, -0.05) is 12.1 Å². The lowest BCUT2D eigenvalue weighted by atomic mass is 10.1. The molecule has 2 rings (SSSR count). The van der Waals surface area contributed by atoms with E-state index >= 15 is 0 Å². The zero-order valence-corrected chi connectivity index (χ0v) is 12.1. The topological polar surface area (TPSA) is 35.5 Å². The highest BCUT2D eigenvalue weighted by Gasteiger charge is 2.18. The van der Waals surface area contributed by atoms with Crippen molar-refractivity contribution in [3.8, 4) is 0 Å². The second kappa shape index (κ2) is 6.92. The van der Waals surface area contributed by atoms with Crippen molar-refractivity contribution in [1.82, 2.24) is 4.90 Å². The van der Waals surface area contributed by atoms with Gasteiger partial charge in [-0.05, 0) is 57.4 Å². The molecule has 0 spiro atoms. The zero-order chi connectivity index (χ0) is 13.7. The van der Waals surface area contributed by atoms with Gasteiger partial charge in [0.1, 0.15) is 0 Å². The molecule has 2 N–H and O–H groups in total. The van der Waals surface area contributed by atoms with Gasteiger partial charge in [-0.15, -0.1) is 0 Å². The molecular formula is C16H26N2O. The summed E-state index contributed by atoms with van der Waals surface area (Å²) in [7, 11) is 0. The summed E-state index contributed by atoms with van der Waals surface area (Å²) in [6, 6.07) is 9.30. The number of nitrogens with zero attached hydrogens (tertiary/aromatic N) is 1. The first-order valence-corrected chi connectivity index (χ1v) is 7.39. The molecule has 1 aromatic carbocycles. The standard InChI is InChI=1S/C16H26N2O/c1-13(2)18-9-4-7-15(8-10-18)17-16-6-3-5-14(11-16)12-19/h3,5-6,11,13,15,17,19H,4,7-10,12H2,1-2H3. The van der Waals surface area contributed by atoms with Gasteiger partial charge < -0.3 is 15.3 Å². The summed E-state index contributed by atoms with van der Waals surface area (Å²) >= 11 is 0. The number of benzene rings is 1. The molecule has 0 bridgehead atoms. The van der Waals surface area contributed by atoms with Gasteiger partial charge in [-0.3, -0.25) is 0 Å². The van der Waals surface area contributed by atoms with Crippen LogP contribution in [-0.2, 0) is 6.61 Å². The molecule has 0 aliphatic carbocycles. The summed E-state index contributed by atoms with van der Waals surface area (Å²) in [6.07, 6.45) is 3.68. The van der Waals surface area contributed by atoms with Crippen molar-refractivity contribution in [3.63, 3.8) is 0 Å². The van der Waals surface area contributed by atoms with E-state index in [0.717, 1.165) is 11.3 Å². The highest BCUT2D eigenvalue weighted by atomic mass is 16.3. The van der Waals surface area contributed by atoms with E-state index in [4.69, 9.17) is 0 Å².